The van der Waals surface area contributed by atoms with E-state index in [2.05, 4.69) is 4.98 Å². The number of nitrogens with zero attached hydrogens (tertiary/aromatic N) is 2. The highest BCUT2D eigenvalue weighted by molar-refractivity contribution is 5.33. The SMILES string of the molecule is O=c1ccn2c(n1)O[C@H](COc1ccc(C(O)(C(F)(F)F)C(F)(F)F)cc1)C2. The van der Waals surface area contributed by atoms with Crippen molar-refractivity contribution < 1.29 is 40.9 Å². The van der Waals surface area contributed by atoms with E-state index >= 15 is 0 Å². The van der Waals surface area contributed by atoms with Crippen LogP contribution in [-0.4, -0.2) is 39.7 Å². The van der Waals surface area contributed by atoms with Crippen LogP contribution in [0.4, 0.5) is 26.3 Å². The Hall–Kier alpha value is -2.76. The molecule has 1 aromatic carbocycles. The van der Waals surface area contributed by atoms with Gasteiger partial charge in [0.05, 0.1) is 6.54 Å². The van der Waals surface area contributed by atoms with E-state index in [-0.39, 0.29) is 18.4 Å². The predicted molar refractivity (Wildman–Crippen MR) is 80.9 cm³/mol. The van der Waals surface area contributed by atoms with E-state index in [0.717, 1.165) is 12.1 Å². The summed E-state index contributed by atoms with van der Waals surface area (Å²) in [6, 6.07) is 4.04. The van der Waals surface area contributed by atoms with Gasteiger partial charge in [0, 0.05) is 17.8 Å². The van der Waals surface area contributed by atoms with Crippen LogP contribution in [-0.2, 0) is 12.1 Å². The molecule has 0 bridgehead atoms. The molecular formula is C16H12F6N2O4. The zero-order valence-corrected chi connectivity index (χ0v) is 13.8. The Balaban J connectivity index is 1.69. The molecule has 0 saturated carbocycles. The van der Waals surface area contributed by atoms with Gasteiger partial charge in [-0.1, -0.05) is 12.1 Å². The lowest BCUT2D eigenvalue weighted by Crippen LogP contribution is -2.53. The summed E-state index contributed by atoms with van der Waals surface area (Å²) in [6.45, 7) is 0.197. The topological polar surface area (TPSA) is 73.6 Å². The van der Waals surface area contributed by atoms with Crippen LogP contribution in [0, 0.1) is 0 Å². The van der Waals surface area contributed by atoms with Crippen LogP contribution in [0.3, 0.4) is 0 Å². The van der Waals surface area contributed by atoms with Crippen molar-refractivity contribution >= 4 is 0 Å². The molecule has 0 radical (unpaired) electrons. The summed E-state index contributed by atoms with van der Waals surface area (Å²) in [6.07, 6.45) is -11.0. The van der Waals surface area contributed by atoms with Crippen molar-refractivity contribution in [3.63, 3.8) is 0 Å². The minimum absolute atomic E-state index is 0.0301. The molecule has 6 nitrogen and oxygen atoms in total. The lowest BCUT2D eigenvalue weighted by Gasteiger charge is -2.32. The fourth-order valence-electron chi connectivity index (χ4n) is 2.61. The molecule has 3 rings (SSSR count). The summed E-state index contributed by atoms with van der Waals surface area (Å²) in [5.74, 6) is -0.0301. The molecule has 2 aromatic rings. The molecule has 0 unspecified atom stereocenters. The van der Waals surface area contributed by atoms with Gasteiger partial charge in [-0.25, -0.2) is 0 Å². The summed E-state index contributed by atoms with van der Waals surface area (Å²) >= 11 is 0. The number of aliphatic hydroxyl groups is 1. The normalized spacial score (nSPS) is 17.2. The number of benzene rings is 1. The monoisotopic (exact) mass is 410 g/mol. The van der Waals surface area contributed by atoms with Gasteiger partial charge in [-0.3, -0.25) is 9.36 Å². The maximum Gasteiger partial charge on any atom is 0.430 e. The Morgan fingerprint density at radius 1 is 1.11 bits per heavy atom. The second-order valence-electron chi connectivity index (χ2n) is 5.98. The first-order valence-corrected chi connectivity index (χ1v) is 7.75. The highest BCUT2D eigenvalue weighted by Gasteiger charge is 2.71. The quantitative estimate of drug-likeness (QED) is 0.784. The van der Waals surface area contributed by atoms with E-state index in [9.17, 15) is 36.2 Å². The van der Waals surface area contributed by atoms with Crippen molar-refractivity contribution in [1.82, 2.24) is 9.55 Å². The van der Waals surface area contributed by atoms with E-state index in [1.165, 1.54) is 12.3 Å². The standard InChI is InChI=1S/C16H12F6N2O4/c17-15(18,19)14(26,16(20,21)22)9-1-3-10(4-2-9)27-8-11-7-24-6-5-12(25)23-13(24)28-11/h1-6,11,26H,7-8H2/t11-/m0/s1. The van der Waals surface area contributed by atoms with Crippen LogP contribution in [0.2, 0.25) is 0 Å². The Bertz CT molecular complexity index is 893. The van der Waals surface area contributed by atoms with Gasteiger partial charge in [-0.05, 0) is 12.1 Å². The van der Waals surface area contributed by atoms with E-state index in [1.54, 1.807) is 4.57 Å². The molecule has 12 heteroatoms. The number of hydrogen-bond donors (Lipinski definition) is 1. The first-order valence-electron chi connectivity index (χ1n) is 7.75. The largest absolute Gasteiger partial charge is 0.490 e. The molecule has 0 spiro atoms. The number of fused-ring (bicyclic) bond motifs is 1. The summed E-state index contributed by atoms with van der Waals surface area (Å²) in [4.78, 5) is 14.8. The molecular weight excluding hydrogens is 398 g/mol. The van der Waals surface area contributed by atoms with Crippen molar-refractivity contribution in [3.8, 4) is 11.8 Å². The fraction of sp³-hybridized carbons (Fsp3) is 0.375. The minimum atomic E-state index is -5.96. The van der Waals surface area contributed by atoms with Crippen LogP contribution < -0.4 is 15.0 Å². The van der Waals surface area contributed by atoms with Crippen LogP contribution >= 0.6 is 0 Å². The van der Waals surface area contributed by atoms with Gasteiger partial charge in [0.25, 0.3) is 17.2 Å². The van der Waals surface area contributed by atoms with E-state index in [0.29, 0.717) is 18.7 Å². The molecule has 152 valence electrons. The molecule has 0 fully saturated rings. The molecule has 1 N–H and O–H groups in total. The minimum Gasteiger partial charge on any atom is -0.490 e. The Kier molecular flexibility index (Phi) is 4.77. The molecule has 1 aliphatic heterocycles. The molecule has 0 amide bonds. The lowest BCUT2D eigenvalue weighted by atomic mass is 9.92. The van der Waals surface area contributed by atoms with Crippen molar-refractivity contribution in [2.75, 3.05) is 6.61 Å². The van der Waals surface area contributed by atoms with Gasteiger partial charge in [0.15, 0.2) is 6.10 Å². The average Bonchev–Trinajstić information content (AvgIpc) is 2.99. The second-order valence-corrected chi connectivity index (χ2v) is 5.98. The van der Waals surface area contributed by atoms with Crippen molar-refractivity contribution in [2.45, 2.75) is 30.6 Å². The average molecular weight is 410 g/mol. The maximum absolute atomic E-state index is 12.8. The molecule has 1 aliphatic rings. The molecule has 0 saturated heterocycles. The fourth-order valence-corrected chi connectivity index (χ4v) is 2.61. The lowest BCUT2D eigenvalue weighted by molar-refractivity contribution is -0.376. The third-order valence-electron chi connectivity index (χ3n) is 4.05. The molecule has 1 aromatic heterocycles. The number of alkyl halides is 6. The molecule has 28 heavy (non-hydrogen) atoms. The van der Waals surface area contributed by atoms with Crippen molar-refractivity contribution in [2.24, 2.45) is 0 Å². The van der Waals surface area contributed by atoms with Gasteiger partial charge in [0.2, 0.25) is 0 Å². The van der Waals surface area contributed by atoms with Crippen molar-refractivity contribution in [3.05, 3.63) is 52.4 Å². The van der Waals surface area contributed by atoms with Gasteiger partial charge in [0.1, 0.15) is 12.4 Å². The van der Waals surface area contributed by atoms with Crippen LogP contribution in [0.15, 0.2) is 41.3 Å². The van der Waals surface area contributed by atoms with Gasteiger partial charge in [-0.2, -0.15) is 31.3 Å². The number of rotatable bonds is 4. The summed E-state index contributed by atoms with van der Waals surface area (Å²) in [5, 5.41) is 9.33. The molecule has 0 aliphatic carbocycles. The smallest absolute Gasteiger partial charge is 0.430 e. The highest BCUT2D eigenvalue weighted by Crippen LogP contribution is 2.50. The summed E-state index contributed by atoms with van der Waals surface area (Å²) < 4.78 is 89.3. The number of hydrogen-bond acceptors (Lipinski definition) is 5. The van der Waals surface area contributed by atoms with Gasteiger partial charge in [-0.15, -0.1) is 0 Å². The number of ether oxygens (including phenoxy) is 2. The van der Waals surface area contributed by atoms with Gasteiger partial charge < -0.3 is 14.6 Å². The Morgan fingerprint density at radius 2 is 1.71 bits per heavy atom. The highest BCUT2D eigenvalue weighted by atomic mass is 19.4. The Labute approximate surface area is 152 Å². The third-order valence-corrected chi connectivity index (χ3v) is 4.05. The summed E-state index contributed by atoms with van der Waals surface area (Å²) in [5.41, 5.74) is -6.87. The number of aromatic nitrogens is 2. The van der Waals surface area contributed by atoms with E-state index < -0.39 is 35.2 Å². The summed E-state index contributed by atoms with van der Waals surface area (Å²) in [7, 11) is 0. The van der Waals surface area contributed by atoms with E-state index in [1.807, 2.05) is 0 Å². The van der Waals surface area contributed by atoms with Crippen molar-refractivity contribution in [1.29, 1.82) is 0 Å². The first-order chi connectivity index (χ1) is 12.9. The second kappa shape index (κ2) is 6.69. The Morgan fingerprint density at radius 3 is 2.29 bits per heavy atom. The maximum atomic E-state index is 12.8. The zero-order valence-electron chi connectivity index (χ0n) is 13.8. The van der Waals surface area contributed by atoms with Gasteiger partial charge >= 0.3 is 12.4 Å². The number of halogens is 6. The van der Waals surface area contributed by atoms with Crippen LogP contribution in [0.25, 0.3) is 0 Å². The predicted octanol–water partition coefficient (Wildman–Crippen LogP) is 2.40. The zero-order chi connectivity index (χ0) is 20.7. The third kappa shape index (κ3) is 3.51. The van der Waals surface area contributed by atoms with Crippen LogP contribution in [0.1, 0.15) is 5.56 Å². The van der Waals surface area contributed by atoms with E-state index in [4.69, 9.17) is 9.47 Å². The molecule has 2 heterocycles. The first kappa shape index (κ1) is 20.0. The van der Waals surface area contributed by atoms with Crippen LogP contribution in [0.5, 0.6) is 11.8 Å². The molecule has 1 atom stereocenters.